The van der Waals surface area contributed by atoms with Crippen molar-refractivity contribution in [1.82, 2.24) is 0 Å². The molecule has 278 valence electrons. The van der Waals surface area contributed by atoms with Crippen LogP contribution in [0.4, 0.5) is 0 Å². The molecule has 0 saturated carbocycles. The van der Waals surface area contributed by atoms with Crippen molar-refractivity contribution in [2.75, 3.05) is 26.4 Å². The van der Waals surface area contributed by atoms with Crippen molar-refractivity contribution >= 4 is 5.97 Å². The molecule has 0 aliphatic heterocycles. The molecular weight excluding hydrogens is 645 g/mol. The first kappa shape index (κ1) is 40.6. The zero-order chi connectivity index (χ0) is 37.3. The fourth-order valence-electron chi connectivity index (χ4n) is 6.70. The number of aliphatic hydroxyl groups excluding tert-OH is 2. The van der Waals surface area contributed by atoms with Crippen LogP contribution in [-0.2, 0) is 28.8 Å². The zero-order valence-electron chi connectivity index (χ0n) is 32.0. The maximum absolute atomic E-state index is 12.0. The zero-order valence-corrected chi connectivity index (χ0v) is 32.0. The van der Waals surface area contributed by atoms with Crippen LogP contribution in [0.1, 0.15) is 95.8 Å². The Balaban J connectivity index is 1.53. The average Bonchev–Trinajstić information content (AvgIpc) is 3.18. The number of carbonyl (C=O) groups is 1. The molecule has 0 spiro atoms. The van der Waals surface area contributed by atoms with Crippen LogP contribution < -0.4 is 4.74 Å². The Morgan fingerprint density at radius 3 is 1.87 bits per heavy atom. The molecule has 2 N–H and O–H groups in total. The van der Waals surface area contributed by atoms with E-state index in [0.717, 1.165) is 49.0 Å². The number of aryl methyl sites for hydroxylation is 3. The Hall–Kier alpha value is -4.19. The molecule has 0 heterocycles. The van der Waals surface area contributed by atoms with Crippen LogP contribution in [-0.4, -0.2) is 42.6 Å². The van der Waals surface area contributed by atoms with Gasteiger partial charge in [0, 0.05) is 11.0 Å². The highest BCUT2D eigenvalue weighted by atomic mass is 16.5. The average molecular weight is 705 g/mol. The smallest absolute Gasteiger partial charge is 0.333 e. The van der Waals surface area contributed by atoms with Gasteiger partial charge in [-0.15, -0.1) is 0 Å². The van der Waals surface area contributed by atoms with Gasteiger partial charge in [-0.05, 0) is 114 Å². The lowest BCUT2D eigenvalue weighted by atomic mass is 9.81. The molecule has 52 heavy (non-hydrogen) atoms. The first-order valence-corrected chi connectivity index (χ1v) is 19.4. The lowest BCUT2D eigenvalue weighted by molar-refractivity contribution is -0.139. The highest BCUT2D eigenvalue weighted by Crippen LogP contribution is 2.35. The lowest BCUT2D eigenvalue weighted by Crippen LogP contribution is -2.32. The largest absolute Gasteiger partial charge is 0.493 e. The number of carbonyl (C=O) groups excluding carboxylic acids is 1. The summed E-state index contributed by atoms with van der Waals surface area (Å²) < 4.78 is 11.7. The number of aliphatic hydroxyl groups is 2. The Kier molecular flexibility index (Phi) is 16.2. The van der Waals surface area contributed by atoms with E-state index in [2.05, 4.69) is 106 Å². The van der Waals surface area contributed by atoms with Crippen molar-refractivity contribution in [3.05, 3.63) is 114 Å². The third kappa shape index (κ3) is 11.4. The Morgan fingerprint density at radius 2 is 1.25 bits per heavy atom. The van der Waals surface area contributed by atoms with E-state index >= 15 is 0 Å². The molecular formula is C47H60O5. The van der Waals surface area contributed by atoms with Gasteiger partial charge in [0.2, 0.25) is 0 Å². The molecule has 5 heteroatoms. The summed E-state index contributed by atoms with van der Waals surface area (Å²) in [4.78, 5) is 12.0. The fraction of sp³-hybridized carbons (Fsp3) is 0.426. The highest BCUT2D eigenvalue weighted by molar-refractivity contribution is 5.86. The van der Waals surface area contributed by atoms with Crippen LogP contribution in [0.15, 0.2) is 97.1 Å². The van der Waals surface area contributed by atoms with Gasteiger partial charge in [0.05, 0.1) is 26.4 Å². The van der Waals surface area contributed by atoms with E-state index in [4.69, 9.17) is 9.47 Å². The van der Waals surface area contributed by atoms with E-state index in [-0.39, 0.29) is 19.2 Å². The van der Waals surface area contributed by atoms with Gasteiger partial charge in [0.25, 0.3) is 0 Å². The minimum absolute atomic E-state index is 0.0697. The maximum atomic E-state index is 12.0. The number of unbranched alkanes of at least 4 members (excludes halogenated alkanes) is 3. The van der Waals surface area contributed by atoms with E-state index < -0.39 is 5.41 Å². The number of esters is 1. The summed E-state index contributed by atoms with van der Waals surface area (Å²) in [6, 6.07) is 30.9. The molecule has 0 unspecified atom stereocenters. The fourth-order valence-corrected chi connectivity index (χ4v) is 6.70. The van der Waals surface area contributed by atoms with Gasteiger partial charge in [-0.2, -0.15) is 0 Å². The molecule has 0 aliphatic rings. The molecule has 0 amide bonds. The third-order valence-corrected chi connectivity index (χ3v) is 10.2. The second-order valence-electron chi connectivity index (χ2n) is 14.3. The maximum Gasteiger partial charge on any atom is 0.333 e. The molecule has 4 aromatic rings. The molecule has 0 fully saturated rings. The van der Waals surface area contributed by atoms with E-state index in [9.17, 15) is 15.0 Å². The first-order chi connectivity index (χ1) is 25.3. The minimum Gasteiger partial charge on any atom is -0.493 e. The first-order valence-electron chi connectivity index (χ1n) is 19.4. The van der Waals surface area contributed by atoms with Gasteiger partial charge in [-0.1, -0.05) is 126 Å². The SMILES string of the molecule is C=C(C)C(=O)OCCCc1cc(-c2ccc(-c3ccc(-c4ccc(CCCCC)cc4)cc3)cc2CC)ccc1OCCC(CO)(CO)CCCC. The van der Waals surface area contributed by atoms with E-state index in [1.807, 2.05) is 6.07 Å². The quantitative estimate of drug-likeness (QED) is 0.0484. The summed E-state index contributed by atoms with van der Waals surface area (Å²) in [5.74, 6) is 0.395. The molecule has 0 bridgehead atoms. The predicted molar refractivity (Wildman–Crippen MR) is 216 cm³/mol. The number of benzene rings is 4. The highest BCUT2D eigenvalue weighted by Gasteiger charge is 2.28. The number of hydrogen-bond acceptors (Lipinski definition) is 5. The molecule has 4 rings (SSSR count). The summed E-state index contributed by atoms with van der Waals surface area (Å²) in [7, 11) is 0. The molecule has 5 nitrogen and oxygen atoms in total. The Labute approximate surface area is 312 Å². The van der Waals surface area contributed by atoms with Crippen molar-refractivity contribution in [2.45, 2.75) is 98.3 Å². The van der Waals surface area contributed by atoms with Crippen molar-refractivity contribution < 1.29 is 24.5 Å². The van der Waals surface area contributed by atoms with Gasteiger partial charge in [0.1, 0.15) is 5.75 Å². The molecule has 0 radical (unpaired) electrons. The van der Waals surface area contributed by atoms with Crippen LogP contribution >= 0.6 is 0 Å². The van der Waals surface area contributed by atoms with Crippen molar-refractivity contribution in [3.63, 3.8) is 0 Å². The van der Waals surface area contributed by atoms with Gasteiger partial charge in [0.15, 0.2) is 0 Å². The summed E-state index contributed by atoms with van der Waals surface area (Å²) in [5.41, 5.74) is 10.7. The monoisotopic (exact) mass is 704 g/mol. The van der Waals surface area contributed by atoms with E-state index in [1.165, 1.54) is 58.2 Å². The number of hydrogen-bond donors (Lipinski definition) is 2. The second-order valence-corrected chi connectivity index (χ2v) is 14.3. The number of ether oxygens (including phenoxy) is 2. The standard InChI is InChI=1S/C47H60O5/c1-6-9-11-13-36-15-17-38(18-16-36)39-19-21-40(22-20-39)41-23-25-44(37(8-3)31-41)42-24-26-45(43(32-42)14-12-29-52-46(50)35(4)5)51-30-28-47(33-48,34-49)27-10-7-2/h15-26,31-32,48-49H,4,6-14,27-30,33-34H2,1-3,5H3. The van der Waals surface area contributed by atoms with Gasteiger partial charge in [-0.3, -0.25) is 0 Å². The van der Waals surface area contributed by atoms with Crippen molar-refractivity contribution in [2.24, 2.45) is 5.41 Å². The lowest BCUT2D eigenvalue weighted by Gasteiger charge is -2.30. The normalized spacial score (nSPS) is 11.4. The second kappa shape index (κ2) is 20.7. The van der Waals surface area contributed by atoms with Crippen LogP contribution in [0.5, 0.6) is 5.75 Å². The van der Waals surface area contributed by atoms with E-state index in [0.29, 0.717) is 38.0 Å². The van der Waals surface area contributed by atoms with Crippen LogP contribution in [0.2, 0.25) is 0 Å². The summed E-state index contributed by atoms with van der Waals surface area (Å²) in [5, 5.41) is 20.2. The number of rotatable bonds is 22. The van der Waals surface area contributed by atoms with Gasteiger partial charge in [-0.25, -0.2) is 4.79 Å². The summed E-state index contributed by atoms with van der Waals surface area (Å²) >= 11 is 0. The summed E-state index contributed by atoms with van der Waals surface area (Å²) in [6.07, 6.45) is 10.4. The van der Waals surface area contributed by atoms with Gasteiger partial charge < -0.3 is 19.7 Å². The van der Waals surface area contributed by atoms with Crippen molar-refractivity contribution in [1.29, 1.82) is 0 Å². The molecule has 0 aromatic heterocycles. The van der Waals surface area contributed by atoms with Crippen LogP contribution in [0.25, 0.3) is 33.4 Å². The van der Waals surface area contributed by atoms with Crippen LogP contribution in [0.3, 0.4) is 0 Å². The molecule has 4 aromatic carbocycles. The molecule has 0 aliphatic carbocycles. The Bertz CT molecular complexity index is 1700. The van der Waals surface area contributed by atoms with Gasteiger partial charge >= 0.3 is 5.97 Å². The third-order valence-electron chi connectivity index (χ3n) is 10.2. The predicted octanol–water partition coefficient (Wildman–Crippen LogP) is 11.0. The molecule has 0 saturated heterocycles. The Morgan fingerprint density at radius 1 is 0.654 bits per heavy atom. The minimum atomic E-state index is -0.551. The van der Waals surface area contributed by atoms with E-state index in [1.54, 1.807) is 6.92 Å². The molecule has 0 atom stereocenters. The van der Waals surface area contributed by atoms with Crippen molar-refractivity contribution in [3.8, 4) is 39.1 Å². The topological polar surface area (TPSA) is 76.0 Å². The van der Waals surface area contributed by atoms with Crippen LogP contribution in [0, 0.1) is 5.41 Å². The summed E-state index contributed by atoms with van der Waals surface area (Å²) in [6.45, 7) is 12.4.